The third-order valence-corrected chi connectivity index (χ3v) is 5.00. The number of nitrogens with zero attached hydrogens (tertiary/aromatic N) is 2. The number of carbonyl (C=O) groups is 1. The molecule has 0 aliphatic carbocycles. The van der Waals surface area contributed by atoms with Gasteiger partial charge in [0.1, 0.15) is 5.82 Å². The number of hydrogen-bond acceptors (Lipinski definition) is 4. The monoisotopic (exact) mass is 355 g/mol. The SMILES string of the molecule is Cc1ccc(C(=O)C(C)Sc2n[nH]c(-c3ccccc3F)n2)cc1C. The summed E-state index contributed by atoms with van der Waals surface area (Å²) < 4.78 is 13.8. The molecule has 3 rings (SSSR count). The van der Waals surface area contributed by atoms with Crippen LogP contribution < -0.4 is 0 Å². The Balaban J connectivity index is 1.75. The lowest BCUT2D eigenvalue weighted by atomic mass is 10.0. The zero-order valence-electron chi connectivity index (χ0n) is 14.2. The molecule has 2 aromatic carbocycles. The molecule has 0 saturated carbocycles. The summed E-state index contributed by atoms with van der Waals surface area (Å²) in [4.78, 5) is 16.9. The second-order valence-corrected chi connectivity index (χ2v) is 7.18. The Morgan fingerprint density at radius 3 is 2.64 bits per heavy atom. The second kappa shape index (κ2) is 7.19. The molecule has 25 heavy (non-hydrogen) atoms. The topological polar surface area (TPSA) is 58.6 Å². The summed E-state index contributed by atoms with van der Waals surface area (Å²) in [5.41, 5.74) is 3.27. The first-order valence-electron chi connectivity index (χ1n) is 7.91. The van der Waals surface area contributed by atoms with Crippen LogP contribution in [-0.4, -0.2) is 26.2 Å². The van der Waals surface area contributed by atoms with Crippen molar-refractivity contribution in [1.29, 1.82) is 0 Å². The third kappa shape index (κ3) is 3.79. The highest BCUT2D eigenvalue weighted by molar-refractivity contribution is 8.00. The smallest absolute Gasteiger partial charge is 0.209 e. The van der Waals surface area contributed by atoms with Gasteiger partial charge in [0, 0.05) is 5.56 Å². The Bertz CT molecular complexity index is 923. The van der Waals surface area contributed by atoms with E-state index in [1.54, 1.807) is 18.2 Å². The molecule has 0 radical (unpaired) electrons. The maximum atomic E-state index is 13.8. The number of nitrogens with one attached hydrogen (secondary N) is 1. The standard InChI is InChI=1S/C19H18FN3OS/c1-11-8-9-14(10-12(11)2)17(24)13(3)25-19-21-18(22-23-19)15-6-4-5-7-16(15)20/h4-10,13H,1-3H3,(H,21,22,23). The van der Waals surface area contributed by atoms with E-state index in [0.29, 0.717) is 22.1 Å². The first kappa shape index (κ1) is 17.4. The molecule has 0 amide bonds. The summed E-state index contributed by atoms with van der Waals surface area (Å²) in [7, 11) is 0. The Morgan fingerprint density at radius 2 is 1.92 bits per heavy atom. The maximum absolute atomic E-state index is 13.8. The first-order chi connectivity index (χ1) is 12.0. The number of H-pyrrole nitrogens is 1. The summed E-state index contributed by atoms with van der Waals surface area (Å²) >= 11 is 1.25. The van der Waals surface area contributed by atoms with Crippen molar-refractivity contribution in [2.75, 3.05) is 0 Å². The highest BCUT2D eigenvalue weighted by atomic mass is 32.2. The van der Waals surface area contributed by atoms with Gasteiger partial charge in [0.2, 0.25) is 5.16 Å². The average molecular weight is 355 g/mol. The van der Waals surface area contributed by atoms with Crippen molar-refractivity contribution in [3.63, 3.8) is 0 Å². The number of rotatable bonds is 5. The lowest BCUT2D eigenvalue weighted by Gasteiger charge is -2.09. The van der Waals surface area contributed by atoms with Gasteiger partial charge in [-0.25, -0.2) is 9.37 Å². The molecule has 1 atom stereocenters. The van der Waals surface area contributed by atoms with Crippen molar-refractivity contribution >= 4 is 17.5 Å². The largest absolute Gasteiger partial charge is 0.293 e. The number of aromatic nitrogens is 3. The van der Waals surface area contributed by atoms with Gasteiger partial charge in [-0.05, 0) is 50.1 Å². The van der Waals surface area contributed by atoms with E-state index in [-0.39, 0.29) is 16.9 Å². The molecule has 1 aromatic heterocycles. The van der Waals surface area contributed by atoms with E-state index in [1.807, 2.05) is 39.0 Å². The van der Waals surface area contributed by atoms with Gasteiger partial charge in [-0.1, -0.05) is 36.0 Å². The second-order valence-electron chi connectivity index (χ2n) is 5.87. The van der Waals surface area contributed by atoms with E-state index in [0.717, 1.165) is 11.1 Å². The van der Waals surface area contributed by atoms with E-state index >= 15 is 0 Å². The normalized spacial score (nSPS) is 12.2. The van der Waals surface area contributed by atoms with Crippen LogP contribution in [0.15, 0.2) is 47.6 Å². The summed E-state index contributed by atoms with van der Waals surface area (Å²) in [5, 5.41) is 6.90. The lowest BCUT2D eigenvalue weighted by Crippen LogP contribution is -2.14. The Kier molecular flexibility index (Phi) is 4.99. The van der Waals surface area contributed by atoms with Gasteiger partial charge in [-0.15, -0.1) is 5.10 Å². The molecule has 128 valence electrons. The minimum atomic E-state index is -0.366. The minimum absolute atomic E-state index is 0.0188. The van der Waals surface area contributed by atoms with Crippen molar-refractivity contribution in [1.82, 2.24) is 15.2 Å². The molecule has 0 bridgehead atoms. The number of benzene rings is 2. The third-order valence-electron chi connectivity index (χ3n) is 4.04. The quantitative estimate of drug-likeness (QED) is 0.537. The Hall–Kier alpha value is -2.47. The van der Waals surface area contributed by atoms with Crippen LogP contribution in [0.25, 0.3) is 11.4 Å². The van der Waals surface area contributed by atoms with Crippen molar-refractivity contribution < 1.29 is 9.18 Å². The number of aromatic amines is 1. The van der Waals surface area contributed by atoms with E-state index < -0.39 is 0 Å². The summed E-state index contributed by atoms with van der Waals surface area (Å²) in [5.74, 6) is 0.00577. The van der Waals surface area contributed by atoms with Gasteiger partial charge < -0.3 is 0 Å². The fourth-order valence-electron chi connectivity index (χ4n) is 2.41. The van der Waals surface area contributed by atoms with Gasteiger partial charge in [0.25, 0.3) is 0 Å². The van der Waals surface area contributed by atoms with Gasteiger partial charge >= 0.3 is 0 Å². The molecule has 1 heterocycles. The molecule has 6 heteroatoms. The number of Topliss-reactive ketones (excluding diaryl/α,β-unsaturated/α-hetero) is 1. The highest BCUT2D eigenvalue weighted by Gasteiger charge is 2.20. The molecule has 0 spiro atoms. The van der Waals surface area contributed by atoms with Crippen molar-refractivity contribution in [2.45, 2.75) is 31.2 Å². The first-order valence-corrected chi connectivity index (χ1v) is 8.79. The number of halogens is 1. The molecule has 0 aliphatic rings. The van der Waals surface area contributed by atoms with Crippen LogP contribution in [0, 0.1) is 19.7 Å². The van der Waals surface area contributed by atoms with Crippen molar-refractivity contribution in [3.8, 4) is 11.4 Å². The molecule has 1 unspecified atom stereocenters. The minimum Gasteiger partial charge on any atom is -0.293 e. The van der Waals surface area contributed by atoms with E-state index in [4.69, 9.17) is 0 Å². The van der Waals surface area contributed by atoms with Gasteiger partial charge in [0.05, 0.1) is 10.8 Å². The summed E-state index contributed by atoms with van der Waals surface area (Å²) in [6.07, 6.45) is 0. The predicted octanol–water partition coefficient (Wildman–Crippen LogP) is 4.59. The van der Waals surface area contributed by atoms with Crippen LogP contribution in [0.1, 0.15) is 28.4 Å². The van der Waals surface area contributed by atoms with Crippen molar-refractivity contribution in [3.05, 3.63) is 65.0 Å². The highest BCUT2D eigenvalue weighted by Crippen LogP contribution is 2.26. The van der Waals surface area contributed by atoms with E-state index in [9.17, 15) is 9.18 Å². The average Bonchev–Trinajstić information content (AvgIpc) is 3.05. The number of hydrogen-bond donors (Lipinski definition) is 1. The van der Waals surface area contributed by atoms with E-state index in [1.165, 1.54) is 17.8 Å². The predicted molar refractivity (Wildman–Crippen MR) is 97.3 cm³/mol. The number of ketones is 1. The molecule has 0 fully saturated rings. The van der Waals surface area contributed by atoms with Crippen LogP contribution in [0.3, 0.4) is 0 Å². The van der Waals surface area contributed by atoms with Crippen LogP contribution in [0.2, 0.25) is 0 Å². The van der Waals surface area contributed by atoms with Gasteiger partial charge in [-0.3, -0.25) is 9.89 Å². The van der Waals surface area contributed by atoms with Crippen LogP contribution in [-0.2, 0) is 0 Å². The fourth-order valence-corrected chi connectivity index (χ4v) is 3.22. The molecule has 4 nitrogen and oxygen atoms in total. The van der Waals surface area contributed by atoms with Gasteiger partial charge in [0.15, 0.2) is 11.6 Å². The Morgan fingerprint density at radius 1 is 1.16 bits per heavy atom. The van der Waals surface area contributed by atoms with Crippen molar-refractivity contribution in [2.24, 2.45) is 0 Å². The zero-order valence-corrected chi connectivity index (χ0v) is 15.0. The summed E-state index contributed by atoms with van der Waals surface area (Å²) in [6.45, 7) is 5.82. The zero-order chi connectivity index (χ0) is 18.0. The number of aryl methyl sites for hydroxylation is 2. The van der Waals surface area contributed by atoms with Crippen LogP contribution >= 0.6 is 11.8 Å². The molecule has 3 aromatic rings. The van der Waals surface area contributed by atoms with E-state index in [2.05, 4.69) is 15.2 Å². The Labute approximate surface area is 149 Å². The summed E-state index contributed by atoms with van der Waals surface area (Å²) in [6, 6.07) is 12.0. The molecular weight excluding hydrogens is 337 g/mol. The fraction of sp³-hybridized carbons (Fsp3) is 0.211. The molecule has 0 saturated heterocycles. The van der Waals surface area contributed by atoms with Crippen LogP contribution in [0.5, 0.6) is 0 Å². The molecule has 0 aliphatic heterocycles. The maximum Gasteiger partial charge on any atom is 0.209 e. The number of thioether (sulfide) groups is 1. The van der Waals surface area contributed by atoms with Gasteiger partial charge in [-0.2, -0.15) is 0 Å². The van der Waals surface area contributed by atoms with Crippen LogP contribution in [0.4, 0.5) is 4.39 Å². The number of carbonyl (C=O) groups excluding carboxylic acids is 1. The molecule has 1 N–H and O–H groups in total. The lowest BCUT2D eigenvalue weighted by molar-refractivity contribution is 0.0994. The molecular formula is C19H18FN3OS.